The summed E-state index contributed by atoms with van der Waals surface area (Å²) in [5, 5.41) is 9.37. The number of halogens is 1. The molecule has 0 radical (unpaired) electrons. The minimum Gasteiger partial charge on any atom is -0.493 e. The van der Waals surface area contributed by atoms with E-state index in [1.807, 2.05) is 38.1 Å². The highest BCUT2D eigenvalue weighted by atomic mass is 19.1. The molecule has 1 aromatic heterocycles. The number of aromatic nitrogens is 1. The molecule has 3 rings (SSSR count). The van der Waals surface area contributed by atoms with Gasteiger partial charge < -0.3 is 18.8 Å². The summed E-state index contributed by atoms with van der Waals surface area (Å²) in [6, 6.07) is 12.6. The van der Waals surface area contributed by atoms with Crippen LogP contribution < -0.4 is 15.0 Å². The summed E-state index contributed by atoms with van der Waals surface area (Å²) in [7, 11) is 1.55. The number of ketones is 1. The fourth-order valence-corrected chi connectivity index (χ4v) is 3.58. The zero-order chi connectivity index (χ0) is 26.1. The second-order valence-corrected chi connectivity index (χ2v) is 8.37. The molecule has 188 valence electrons. The Kier molecular flexibility index (Phi) is 9.37. The van der Waals surface area contributed by atoms with Crippen LogP contribution in [-0.2, 0) is 11.3 Å². The van der Waals surface area contributed by atoms with E-state index in [-0.39, 0.29) is 35.6 Å². The number of rotatable bonds is 12. The molecule has 8 heteroatoms. The summed E-state index contributed by atoms with van der Waals surface area (Å²) >= 11 is 0. The Bertz CT molecular complexity index is 1330. The Hall–Kier alpha value is -3.96. The van der Waals surface area contributed by atoms with Crippen LogP contribution in [0.25, 0.3) is 0 Å². The number of hydrogen-bond donors (Lipinski definition) is 0. The minimum atomic E-state index is -0.599. The lowest BCUT2D eigenvalue weighted by Crippen LogP contribution is -2.24. The van der Waals surface area contributed by atoms with Crippen LogP contribution in [0.5, 0.6) is 11.5 Å². The van der Waals surface area contributed by atoms with Gasteiger partial charge in [-0.15, -0.1) is 0 Å². The molecule has 0 aliphatic rings. The highest BCUT2D eigenvalue weighted by molar-refractivity contribution is 6.10. The standard InChI is InChI=1S/C28H29FN2O5/c1-19-6-8-24(14-20(19)2)35-12-5-13-36-26-9-7-23(29)16-25(26)27(32)22-15-21(17-30)28(33)31(18-22)10-4-11-34-3/h6-9,14-16,18H,4-5,10-13H2,1-3H3. The molecule has 0 saturated heterocycles. The maximum atomic E-state index is 14.1. The van der Waals surface area contributed by atoms with Crippen LogP contribution in [0, 0.1) is 31.0 Å². The molecule has 2 aromatic carbocycles. The van der Waals surface area contributed by atoms with Gasteiger partial charge in [-0.25, -0.2) is 4.39 Å². The molecule has 0 atom stereocenters. The van der Waals surface area contributed by atoms with E-state index >= 15 is 0 Å². The van der Waals surface area contributed by atoms with Gasteiger partial charge in [0.25, 0.3) is 5.56 Å². The molecule has 36 heavy (non-hydrogen) atoms. The molecule has 0 spiro atoms. The van der Waals surface area contributed by atoms with Gasteiger partial charge in [0.1, 0.15) is 28.9 Å². The van der Waals surface area contributed by atoms with E-state index in [1.165, 1.54) is 34.5 Å². The second-order valence-electron chi connectivity index (χ2n) is 8.37. The molecule has 0 aliphatic carbocycles. The van der Waals surface area contributed by atoms with Gasteiger partial charge in [0.05, 0.1) is 18.8 Å². The topological polar surface area (TPSA) is 90.5 Å². The van der Waals surface area contributed by atoms with Crippen LogP contribution in [-0.4, -0.2) is 37.3 Å². The van der Waals surface area contributed by atoms with Crippen molar-refractivity contribution in [3.05, 3.63) is 92.6 Å². The molecule has 0 aliphatic heterocycles. The quantitative estimate of drug-likeness (QED) is 0.271. The summed E-state index contributed by atoms with van der Waals surface area (Å²) in [6.45, 7) is 5.40. The Morgan fingerprint density at radius 1 is 1.00 bits per heavy atom. The average molecular weight is 493 g/mol. The first-order valence-electron chi connectivity index (χ1n) is 11.6. The predicted molar refractivity (Wildman–Crippen MR) is 133 cm³/mol. The Morgan fingerprint density at radius 3 is 2.50 bits per heavy atom. The van der Waals surface area contributed by atoms with Crippen LogP contribution in [0.4, 0.5) is 4.39 Å². The molecule has 0 bridgehead atoms. The van der Waals surface area contributed by atoms with E-state index in [9.17, 15) is 19.2 Å². The van der Waals surface area contributed by atoms with Crippen molar-refractivity contribution in [3.63, 3.8) is 0 Å². The smallest absolute Gasteiger partial charge is 0.268 e. The van der Waals surface area contributed by atoms with Gasteiger partial charge in [0.15, 0.2) is 5.78 Å². The van der Waals surface area contributed by atoms with Crippen molar-refractivity contribution in [2.24, 2.45) is 0 Å². The van der Waals surface area contributed by atoms with E-state index in [0.29, 0.717) is 26.1 Å². The number of ether oxygens (including phenoxy) is 3. The highest BCUT2D eigenvalue weighted by Crippen LogP contribution is 2.24. The lowest BCUT2D eigenvalue weighted by molar-refractivity contribution is 0.103. The summed E-state index contributed by atoms with van der Waals surface area (Å²) in [4.78, 5) is 25.8. The van der Waals surface area contributed by atoms with Crippen molar-refractivity contribution in [2.75, 3.05) is 26.9 Å². The summed E-state index contributed by atoms with van der Waals surface area (Å²) in [5.74, 6) is -0.168. The van der Waals surface area contributed by atoms with Crippen LogP contribution >= 0.6 is 0 Å². The van der Waals surface area contributed by atoms with Crippen molar-refractivity contribution in [3.8, 4) is 17.6 Å². The SMILES string of the molecule is COCCCn1cc(C(=O)c2cc(F)ccc2OCCCOc2ccc(C)c(C)c2)cc(C#N)c1=O. The summed E-state index contributed by atoms with van der Waals surface area (Å²) < 4.78 is 31.9. The maximum Gasteiger partial charge on any atom is 0.268 e. The van der Waals surface area contributed by atoms with E-state index in [1.54, 1.807) is 7.11 Å². The highest BCUT2D eigenvalue weighted by Gasteiger charge is 2.19. The van der Waals surface area contributed by atoms with Crippen molar-refractivity contribution < 1.29 is 23.4 Å². The number of hydrogen-bond acceptors (Lipinski definition) is 6. The van der Waals surface area contributed by atoms with Gasteiger partial charge >= 0.3 is 0 Å². The van der Waals surface area contributed by atoms with E-state index in [2.05, 4.69) is 0 Å². The maximum absolute atomic E-state index is 14.1. The fraction of sp³-hybridized carbons (Fsp3) is 0.321. The average Bonchev–Trinajstić information content (AvgIpc) is 2.87. The van der Waals surface area contributed by atoms with Crippen molar-refractivity contribution >= 4 is 5.78 Å². The van der Waals surface area contributed by atoms with Crippen LogP contribution in [0.3, 0.4) is 0 Å². The first-order chi connectivity index (χ1) is 17.3. The molecular formula is C28H29FN2O5. The molecule has 0 saturated carbocycles. The summed E-state index contributed by atoms with van der Waals surface area (Å²) in [5.41, 5.74) is 1.77. The number of carbonyl (C=O) groups excluding carboxylic acids is 1. The first kappa shape index (κ1) is 26.6. The molecule has 0 unspecified atom stereocenters. The molecule has 0 fully saturated rings. The lowest BCUT2D eigenvalue weighted by atomic mass is 10.0. The molecule has 0 N–H and O–H groups in total. The number of aryl methyl sites for hydroxylation is 3. The molecule has 0 amide bonds. The number of nitriles is 1. The largest absolute Gasteiger partial charge is 0.493 e. The zero-order valence-corrected chi connectivity index (χ0v) is 20.7. The third-order valence-electron chi connectivity index (χ3n) is 5.70. The number of nitrogens with zero attached hydrogens (tertiary/aromatic N) is 2. The van der Waals surface area contributed by atoms with E-state index in [0.717, 1.165) is 17.4 Å². The Balaban J connectivity index is 1.72. The van der Waals surface area contributed by atoms with Gasteiger partial charge in [0, 0.05) is 38.4 Å². The molecule has 7 nitrogen and oxygen atoms in total. The Labute approximate surface area is 209 Å². The minimum absolute atomic E-state index is 0.0102. The van der Waals surface area contributed by atoms with Gasteiger partial charge in [-0.2, -0.15) is 5.26 Å². The van der Waals surface area contributed by atoms with Gasteiger partial charge in [-0.3, -0.25) is 9.59 Å². The van der Waals surface area contributed by atoms with E-state index < -0.39 is 17.2 Å². The van der Waals surface area contributed by atoms with Gasteiger partial charge in [-0.05, 0) is 67.8 Å². The third-order valence-corrected chi connectivity index (χ3v) is 5.70. The van der Waals surface area contributed by atoms with Crippen molar-refractivity contribution in [1.29, 1.82) is 5.26 Å². The predicted octanol–water partition coefficient (Wildman–Crippen LogP) is 4.59. The van der Waals surface area contributed by atoms with Crippen LogP contribution in [0.15, 0.2) is 53.5 Å². The second kappa shape index (κ2) is 12.7. The zero-order valence-electron chi connectivity index (χ0n) is 20.7. The number of carbonyl (C=O) groups is 1. The van der Waals surface area contributed by atoms with E-state index in [4.69, 9.17) is 14.2 Å². The van der Waals surface area contributed by atoms with Crippen LogP contribution in [0.1, 0.15) is 45.5 Å². The molecular weight excluding hydrogens is 463 g/mol. The monoisotopic (exact) mass is 492 g/mol. The molecule has 3 aromatic rings. The van der Waals surface area contributed by atoms with Gasteiger partial charge in [0.2, 0.25) is 0 Å². The number of methoxy groups -OCH3 is 1. The van der Waals surface area contributed by atoms with Gasteiger partial charge in [-0.1, -0.05) is 6.07 Å². The Morgan fingerprint density at radius 2 is 1.78 bits per heavy atom. The lowest BCUT2D eigenvalue weighted by Gasteiger charge is -2.13. The normalized spacial score (nSPS) is 10.6. The number of benzene rings is 2. The van der Waals surface area contributed by atoms with Crippen molar-refractivity contribution in [2.45, 2.75) is 33.2 Å². The fourth-order valence-electron chi connectivity index (χ4n) is 3.58. The number of pyridine rings is 1. The van der Waals surface area contributed by atoms with Crippen molar-refractivity contribution in [1.82, 2.24) is 4.57 Å². The first-order valence-corrected chi connectivity index (χ1v) is 11.6. The van der Waals surface area contributed by atoms with Crippen LogP contribution in [0.2, 0.25) is 0 Å². The molecule has 1 heterocycles. The third kappa shape index (κ3) is 6.80. The summed E-state index contributed by atoms with van der Waals surface area (Å²) in [6.07, 6.45) is 2.45.